The summed E-state index contributed by atoms with van der Waals surface area (Å²) < 4.78 is 1.82. The molecular weight excluding hydrogens is 388 g/mol. The second-order valence-electron chi connectivity index (χ2n) is 8.91. The van der Waals surface area contributed by atoms with E-state index in [0.717, 1.165) is 41.5 Å². The van der Waals surface area contributed by atoms with Crippen LogP contribution in [-0.4, -0.2) is 63.9 Å². The van der Waals surface area contributed by atoms with Crippen LogP contribution in [-0.2, 0) is 6.42 Å². The standard InChI is InChI=1S/C25H32N4O2/c1-6-28(7-2)24(30)26-29-20(13-14-25(3,4)31)19-16-22-17(11-9-15-27(22)5)18-10-8-12-21(29)23(18)19/h8,10-12,22,31H,6-7,9,15-16H2,1-5H3,(H,26,30)/t22-/m1/s1. The zero-order chi connectivity index (χ0) is 22.3. The molecule has 2 aromatic rings. The van der Waals surface area contributed by atoms with E-state index in [1.54, 1.807) is 18.7 Å². The number of hydrogen-bond acceptors (Lipinski definition) is 3. The Bertz CT molecular complexity index is 1110. The van der Waals surface area contributed by atoms with Crippen LogP contribution in [0.25, 0.3) is 16.5 Å². The van der Waals surface area contributed by atoms with E-state index in [1.807, 2.05) is 30.7 Å². The number of rotatable bonds is 3. The van der Waals surface area contributed by atoms with E-state index in [0.29, 0.717) is 19.1 Å². The van der Waals surface area contributed by atoms with Gasteiger partial charge in [-0.05, 0) is 76.3 Å². The Balaban J connectivity index is 1.95. The van der Waals surface area contributed by atoms with Gasteiger partial charge in [0.15, 0.2) is 0 Å². The number of aliphatic hydroxyl groups is 1. The summed E-state index contributed by atoms with van der Waals surface area (Å²) in [6.45, 7) is 9.58. The van der Waals surface area contributed by atoms with Gasteiger partial charge in [-0.15, -0.1) is 0 Å². The molecule has 6 heteroatoms. The average molecular weight is 421 g/mol. The second kappa shape index (κ2) is 8.07. The van der Waals surface area contributed by atoms with E-state index in [4.69, 9.17) is 0 Å². The summed E-state index contributed by atoms with van der Waals surface area (Å²) in [4.78, 5) is 17.1. The van der Waals surface area contributed by atoms with Crippen LogP contribution in [0.15, 0.2) is 24.3 Å². The minimum atomic E-state index is -1.12. The molecule has 1 aromatic heterocycles. The number of carbonyl (C=O) groups excluding carboxylic acids is 1. The maximum atomic E-state index is 12.9. The molecule has 0 unspecified atom stereocenters. The normalized spacial score (nSPS) is 18.1. The Labute approximate surface area is 184 Å². The fourth-order valence-corrected chi connectivity index (χ4v) is 4.70. The zero-order valence-corrected chi connectivity index (χ0v) is 19.1. The predicted octanol–water partition coefficient (Wildman–Crippen LogP) is 3.41. The highest BCUT2D eigenvalue weighted by Gasteiger charge is 2.34. The van der Waals surface area contributed by atoms with E-state index in [2.05, 4.69) is 41.4 Å². The molecule has 0 saturated heterocycles. The number of hydrogen-bond donors (Lipinski definition) is 2. The number of urea groups is 1. The van der Waals surface area contributed by atoms with Crippen molar-refractivity contribution in [2.24, 2.45) is 0 Å². The third-order valence-electron chi connectivity index (χ3n) is 6.29. The summed E-state index contributed by atoms with van der Waals surface area (Å²) in [6, 6.07) is 6.40. The third kappa shape index (κ3) is 3.84. The molecular formula is C25H32N4O2. The van der Waals surface area contributed by atoms with Gasteiger partial charge in [-0.3, -0.25) is 4.90 Å². The number of likely N-dealkylation sites (N-methyl/N-ethyl adjacent to an activating group) is 1. The predicted molar refractivity (Wildman–Crippen MR) is 126 cm³/mol. The van der Waals surface area contributed by atoms with Gasteiger partial charge in [-0.1, -0.05) is 24.1 Å². The van der Waals surface area contributed by atoms with Crippen LogP contribution in [0.5, 0.6) is 0 Å². The van der Waals surface area contributed by atoms with Crippen molar-refractivity contribution in [3.63, 3.8) is 0 Å². The summed E-state index contributed by atoms with van der Waals surface area (Å²) in [6.07, 6.45) is 4.23. The minimum absolute atomic E-state index is 0.154. The number of aromatic nitrogens is 1. The topological polar surface area (TPSA) is 60.7 Å². The molecule has 2 heterocycles. The molecule has 164 valence electrons. The van der Waals surface area contributed by atoms with Crippen molar-refractivity contribution in [1.29, 1.82) is 0 Å². The molecule has 6 nitrogen and oxygen atoms in total. The van der Waals surface area contributed by atoms with E-state index in [9.17, 15) is 9.90 Å². The Morgan fingerprint density at radius 1 is 1.32 bits per heavy atom. The molecule has 1 aromatic carbocycles. The largest absolute Gasteiger partial charge is 0.378 e. The van der Waals surface area contributed by atoms with Gasteiger partial charge in [-0.25, -0.2) is 14.9 Å². The summed E-state index contributed by atoms with van der Waals surface area (Å²) in [7, 11) is 2.17. The molecule has 1 aliphatic carbocycles. The van der Waals surface area contributed by atoms with Gasteiger partial charge in [0.1, 0.15) is 11.3 Å². The van der Waals surface area contributed by atoms with Gasteiger partial charge < -0.3 is 10.0 Å². The molecule has 4 rings (SSSR count). The fraction of sp³-hybridized carbons (Fsp3) is 0.480. The zero-order valence-electron chi connectivity index (χ0n) is 19.1. The van der Waals surface area contributed by atoms with Crippen LogP contribution >= 0.6 is 0 Å². The van der Waals surface area contributed by atoms with Crippen LogP contribution < -0.4 is 5.43 Å². The highest BCUT2D eigenvalue weighted by Crippen LogP contribution is 2.42. The van der Waals surface area contributed by atoms with Crippen molar-refractivity contribution < 1.29 is 9.90 Å². The highest BCUT2D eigenvalue weighted by atomic mass is 16.3. The van der Waals surface area contributed by atoms with E-state index >= 15 is 0 Å². The molecule has 0 spiro atoms. The lowest BCUT2D eigenvalue weighted by Crippen LogP contribution is -2.39. The maximum Gasteiger partial charge on any atom is 0.336 e. The van der Waals surface area contributed by atoms with Crippen molar-refractivity contribution in [2.45, 2.75) is 52.2 Å². The van der Waals surface area contributed by atoms with Crippen LogP contribution in [0.2, 0.25) is 0 Å². The average Bonchev–Trinajstić information content (AvgIpc) is 3.01. The smallest absolute Gasteiger partial charge is 0.336 e. The quantitative estimate of drug-likeness (QED) is 0.748. The highest BCUT2D eigenvalue weighted by molar-refractivity contribution is 6.01. The lowest BCUT2D eigenvalue weighted by atomic mass is 9.81. The first kappa shape index (κ1) is 21.5. The molecule has 0 fully saturated rings. The molecule has 2 amide bonds. The van der Waals surface area contributed by atoms with Crippen LogP contribution in [0, 0.1) is 11.8 Å². The van der Waals surface area contributed by atoms with Crippen molar-refractivity contribution in [1.82, 2.24) is 14.5 Å². The third-order valence-corrected chi connectivity index (χ3v) is 6.29. The van der Waals surface area contributed by atoms with Crippen LogP contribution in [0.3, 0.4) is 0 Å². The van der Waals surface area contributed by atoms with Crippen molar-refractivity contribution in [2.75, 3.05) is 32.1 Å². The Morgan fingerprint density at radius 2 is 2.06 bits per heavy atom. The summed E-state index contributed by atoms with van der Waals surface area (Å²) in [5.74, 6) is 6.17. The molecule has 1 aliphatic heterocycles. The Hall–Kier alpha value is -2.75. The van der Waals surface area contributed by atoms with Crippen molar-refractivity contribution >= 4 is 22.5 Å². The van der Waals surface area contributed by atoms with E-state index in [1.165, 1.54) is 11.1 Å². The van der Waals surface area contributed by atoms with Gasteiger partial charge in [0.05, 0.1) is 5.52 Å². The molecule has 2 N–H and O–H groups in total. The van der Waals surface area contributed by atoms with Gasteiger partial charge in [0, 0.05) is 31.1 Å². The number of fused-ring (bicyclic) bond motifs is 2. The maximum absolute atomic E-state index is 12.9. The minimum Gasteiger partial charge on any atom is -0.378 e. The lowest BCUT2D eigenvalue weighted by molar-refractivity contribution is 0.143. The van der Waals surface area contributed by atoms with Crippen molar-refractivity contribution in [3.05, 3.63) is 41.1 Å². The Morgan fingerprint density at radius 3 is 2.74 bits per heavy atom. The lowest BCUT2D eigenvalue weighted by Gasteiger charge is -2.36. The second-order valence-corrected chi connectivity index (χ2v) is 8.91. The van der Waals surface area contributed by atoms with Crippen molar-refractivity contribution in [3.8, 4) is 11.8 Å². The summed E-state index contributed by atoms with van der Waals surface area (Å²) in [5.41, 5.74) is 7.37. The number of nitrogens with one attached hydrogen (secondary N) is 1. The molecule has 1 atom stereocenters. The molecule has 0 radical (unpaired) electrons. The SMILES string of the molecule is CCN(CC)C(=O)Nn1c(C#CC(C)(C)O)c2c3c(cccc31)C1=CCCN(C)[C@@H]1C2. The van der Waals surface area contributed by atoms with Gasteiger partial charge in [0.25, 0.3) is 0 Å². The van der Waals surface area contributed by atoms with Crippen LogP contribution in [0.1, 0.15) is 50.9 Å². The summed E-state index contributed by atoms with van der Waals surface area (Å²) in [5, 5.41) is 11.4. The van der Waals surface area contributed by atoms with E-state index in [-0.39, 0.29) is 6.03 Å². The molecule has 0 saturated carbocycles. The van der Waals surface area contributed by atoms with E-state index < -0.39 is 5.60 Å². The van der Waals surface area contributed by atoms with Gasteiger partial charge >= 0.3 is 6.03 Å². The first-order valence-corrected chi connectivity index (χ1v) is 11.1. The first-order valence-electron chi connectivity index (χ1n) is 11.1. The summed E-state index contributed by atoms with van der Waals surface area (Å²) >= 11 is 0. The fourth-order valence-electron chi connectivity index (χ4n) is 4.70. The number of carbonyl (C=O) groups is 1. The van der Waals surface area contributed by atoms with Crippen LogP contribution in [0.4, 0.5) is 4.79 Å². The molecule has 31 heavy (non-hydrogen) atoms. The number of nitrogens with zero attached hydrogens (tertiary/aromatic N) is 3. The Kier molecular flexibility index (Phi) is 5.59. The van der Waals surface area contributed by atoms with Gasteiger partial charge in [0.2, 0.25) is 0 Å². The molecule has 0 bridgehead atoms. The number of benzene rings is 1. The monoisotopic (exact) mass is 420 g/mol. The first-order chi connectivity index (χ1) is 14.7. The van der Waals surface area contributed by atoms with Gasteiger partial charge in [-0.2, -0.15) is 0 Å². The number of amides is 2. The molecule has 2 aliphatic rings.